The highest BCUT2D eigenvalue weighted by Gasteiger charge is 2.15. The smallest absolute Gasteiger partial charge is 0.337 e. The molecular weight excluding hydrogens is 388 g/mol. The average Bonchev–Trinajstić information content (AvgIpc) is 3.15. The first-order valence-corrected chi connectivity index (χ1v) is 10.1. The van der Waals surface area contributed by atoms with Crippen LogP contribution < -0.4 is 5.32 Å². The van der Waals surface area contributed by atoms with E-state index in [-0.39, 0.29) is 11.7 Å². The highest BCUT2D eigenvalue weighted by Crippen LogP contribution is 2.24. The molecule has 0 bridgehead atoms. The van der Waals surface area contributed by atoms with Gasteiger partial charge in [0.25, 0.3) is 0 Å². The maximum atomic E-state index is 12.3. The van der Waals surface area contributed by atoms with E-state index in [4.69, 9.17) is 0 Å². The molecule has 0 radical (unpaired) electrons. The Morgan fingerprint density at radius 2 is 1.90 bits per heavy atom. The first-order chi connectivity index (χ1) is 14.0. The quantitative estimate of drug-likeness (QED) is 0.471. The van der Waals surface area contributed by atoms with Gasteiger partial charge in [-0.15, -0.1) is 10.2 Å². The molecule has 0 aliphatic heterocycles. The van der Waals surface area contributed by atoms with Crippen molar-refractivity contribution in [1.29, 1.82) is 0 Å². The first kappa shape index (κ1) is 20.6. The lowest BCUT2D eigenvalue weighted by atomic mass is 10.1. The van der Waals surface area contributed by atoms with Gasteiger partial charge >= 0.3 is 5.97 Å². The van der Waals surface area contributed by atoms with Crippen molar-refractivity contribution in [2.75, 3.05) is 18.2 Å². The molecule has 0 saturated carbocycles. The van der Waals surface area contributed by atoms with Gasteiger partial charge < -0.3 is 14.6 Å². The molecule has 0 spiro atoms. The predicted molar refractivity (Wildman–Crippen MR) is 113 cm³/mol. The molecule has 150 valence electrons. The first-order valence-electron chi connectivity index (χ1n) is 9.13. The van der Waals surface area contributed by atoms with Crippen molar-refractivity contribution in [3.05, 3.63) is 59.7 Å². The second-order valence-corrected chi connectivity index (χ2v) is 7.27. The molecule has 0 aliphatic carbocycles. The molecular formula is C21H22N4O3S. The molecule has 29 heavy (non-hydrogen) atoms. The van der Waals surface area contributed by atoms with E-state index in [0.717, 1.165) is 17.0 Å². The van der Waals surface area contributed by atoms with Gasteiger partial charge in [0.15, 0.2) is 11.0 Å². The van der Waals surface area contributed by atoms with Crippen LogP contribution in [0.4, 0.5) is 5.69 Å². The lowest BCUT2D eigenvalue weighted by molar-refractivity contribution is -0.113. The van der Waals surface area contributed by atoms with Gasteiger partial charge in [0, 0.05) is 17.8 Å². The van der Waals surface area contributed by atoms with Crippen LogP contribution in [0.15, 0.2) is 53.7 Å². The number of hydrogen-bond donors (Lipinski definition) is 1. The molecule has 1 heterocycles. The van der Waals surface area contributed by atoms with E-state index in [1.54, 1.807) is 24.3 Å². The van der Waals surface area contributed by atoms with Crippen LogP contribution in [0.5, 0.6) is 0 Å². The van der Waals surface area contributed by atoms with E-state index >= 15 is 0 Å². The average molecular weight is 410 g/mol. The van der Waals surface area contributed by atoms with Crippen molar-refractivity contribution in [3.8, 4) is 11.4 Å². The lowest BCUT2D eigenvalue weighted by Crippen LogP contribution is -2.14. The molecule has 0 aliphatic rings. The Balaban J connectivity index is 1.64. The number of aromatic nitrogens is 3. The van der Waals surface area contributed by atoms with Crippen LogP contribution in [-0.2, 0) is 16.1 Å². The maximum Gasteiger partial charge on any atom is 0.337 e. The number of esters is 1. The number of anilines is 1. The summed E-state index contributed by atoms with van der Waals surface area (Å²) < 4.78 is 6.66. The minimum atomic E-state index is -0.415. The van der Waals surface area contributed by atoms with Gasteiger partial charge in [0.1, 0.15) is 0 Å². The van der Waals surface area contributed by atoms with Gasteiger partial charge in [0.05, 0.1) is 18.4 Å². The molecule has 3 aromatic rings. The van der Waals surface area contributed by atoms with Crippen molar-refractivity contribution in [3.63, 3.8) is 0 Å². The summed E-state index contributed by atoms with van der Waals surface area (Å²) >= 11 is 1.33. The number of nitrogens with zero attached hydrogens (tertiary/aromatic N) is 3. The van der Waals surface area contributed by atoms with Crippen molar-refractivity contribution in [2.45, 2.75) is 25.5 Å². The van der Waals surface area contributed by atoms with Crippen LogP contribution in [0, 0.1) is 6.92 Å². The number of amides is 1. The monoisotopic (exact) mass is 410 g/mol. The molecule has 0 atom stereocenters. The van der Waals surface area contributed by atoms with Crippen LogP contribution >= 0.6 is 11.8 Å². The maximum absolute atomic E-state index is 12.3. The van der Waals surface area contributed by atoms with Gasteiger partial charge in [-0.05, 0) is 44.2 Å². The molecule has 2 aromatic carbocycles. The third kappa shape index (κ3) is 5.03. The van der Waals surface area contributed by atoms with Gasteiger partial charge in [-0.3, -0.25) is 4.79 Å². The second-order valence-electron chi connectivity index (χ2n) is 6.33. The highest BCUT2D eigenvalue weighted by molar-refractivity contribution is 7.99. The van der Waals surface area contributed by atoms with E-state index in [2.05, 4.69) is 26.3 Å². The Morgan fingerprint density at radius 1 is 1.14 bits per heavy atom. The van der Waals surface area contributed by atoms with Crippen LogP contribution in [0.25, 0.3) is 11.4 Å². The summed E-state index contributed by atoms with van der Waals surface area (Å²) in [6.07, 6.45) is 0. The highest BCUT2D eigenvalue weighted by atomic mass is 32.2. The second kappa shape index (κ2) is 9.38. The van der Waals surface area contributed by atoms with Gasteiger partial charge in [-0.1, -0.05) is 35.5 Å². The molecule has 8 heteroatoms. The van der Waals surface area contributed by atoms with E-state index < -0.39 is 5.97 Å². The van der Waals surface area contributed by atoms with Crippen molar-refractivity contribution in [2.24, 2.45) is 0 Å². The van der Waals surface area contributed by atoms with Crippen LogP contribution in [0.2, 0.25) is 0 Å². The SMILES string of the molecule is CCn1c(SCC(=O)Nc2ccc(C(=O)OC)cc2)nnc1-c1cccc(C)c1. The molecule has 1 N–H and O–H groups in total. The topological polar surface area (TPSA) is 86.1 Å². The Bertz CT molecular complexity index is 1020. The number of hydrogen-bond acceptors (Lipinski definition) is 6. The van der Waals surface area contributed by atoms with Crippen molar-refractivity contribution < 1.29 is 14.3 Å². The summed E-state index contributed by atoms with van der Waals surface area (Å²) in [5.41, 5.74) is 3.20. The summed E-state index contributed by atoms with van der Waals surface area (Å²) in [4.78, 5) is 23.8. The summed E-state index contributed by atoms with van der Waals surface area (Å²) in [5, 5.41) is 12.1. The van der Waals surface area contributed by atoms with E-state index in [9.17, 15) is 9.59 Å². The molecule has 0 saturated heterocycles. The third-order valence-electron chi connectivity index (χ3n) is 4.23. The Kier molecular flexibility index (Phi) is 6.66. The van der Waals surface area contributed by atoms with Crippen LogP contribution in [-0.4, -0.2) is 39.5 Å². The fraction of sp³-hybridized carbons (Fsp3) is 0.238. The van der Waals surface area contributed by atoms with E-state index in [1.165, 1.54) is 18.9 Å². The fourth-order valence-electron chi connectivity index (χ4n) is 2.81. The number of benzene rings is 2. The normalized spacial score (nSPS) is 10.6. The fourth-order valence-corrected chi connectivity index (χ4v) is 3.62. The number of thioether (sulfide) groups is 1. The lowest BCUT2D eigenvalue weighted by Gasteiger charge is -2.08. The number of rotatable bonds is 7. The summed E-state index contributed by atoms with van der Waals surface area (Å²) in [7, 11) is 1.33. The Hall–Kier alpha value is -3.13. The zero-order chi connectivity index (χ0) is 20.8. The van der Waals surface area contributed by atoms with Gasteiger partial charge in [0.2, 0.25) is 5.91 Å². The summed E-state index contributed by atoms with van der Waals surface area (Å²) in [5.74, 6) is 0.410. The number of methoxy groups -OCH3 is 1. The summed E-state index contributed by atoms with van der Waals surface area (Å²) in [6.45, 7) is 4.76. The van der Waals surface area contributed by atoms with Crippen molar-refractivity contribution >= 4 is 29.3 Å². The number of ether oxygens (including phenoxy) is 1. The zero-order valence-electron chi connectivity index (χ0n) is 16.5. The predicted octanol–water partition coefficient (Wildman–Crippen LogP) is 3.79. The van der Waals surface area contributed by atoms with Crippen LogP contribution in [0.1, 0.15) is 22.8 Å². The van der Waals surface area contributed by atoms with E-state index in [0.29, 0.717) is 23.0 Å². The molecule has 1 aromatic heterocycles. The summed E-state index contributed by atoms with van der Waals surface area (Å²) in [6, 6.07) is 14.6. The Labute approximate surface area is 173 Å². The standard InChI is InChI=1S/C21H22N4O3S/c1-4-25-19(16-7-5-6-14(2)12-16)23-24-21(25)29-13-18(26)22-17-10-8-15(9-11-17)20(27)28-3/h5-12H,4,13H2,1-3H3,(H,22,26). The number of aryl methyl sites for hydroxylation is 1. The number of nitrogens with one attached hydrogen (secondary N) is 1. The molecule has 0 unspecified atom stereocenters. The molecule has 3 rings (SSSR count). The zero-order valence-corrected chi connectivity index (χ0v) is 17.3. The number of carbonyl (C=O) groups excluding carboxylic acids is 2. The van der Waals surface area contributed by atoms with Gasteiger partial charge in [-0.2, -0.15) is 0 Å². The molecule has 0 fully saturated rings. The minimum Gasteiger partial charge on any atom is -0.465 e. The number of carbonyl (C=O) groups is 2. The Morgan fingerprint density at radius 3 is 2.55 bits per heavy atom. The molecule has 1 amide bonds. The third-order valence-corrected chi connectivity index (χ3v) is 5.20. The van der Waals surface area contributed by atoms with Crippen LogP contribution in [0.3, 0.4) is 0 Å². The van der Waals surface area contributed by atoms with E-state index in [1.807, 2.05) is 36.6 Å². The van der Waals surface area contributed by atoms with Crippen molar-refractivity contribution in [1.82, 2.24) is 14.8 Å². The van der Waals surface area contributed by atoms with Gasteiger partial charge in [-0.25, -0.2) is 4.79 Å². The molecule has 7 nitrogen and oxygen atoms in total. The minimum absolute atomic E-state index is 0.163. The largest absolute Gasteiger partial charge is 0.465 e.